The predicted molar refractivity (Wildman–Crippen MR) is 222 cm³/mol. The van der Waals surface area contributed by atoms with E-state index >= 15 is 0 Å². The summed E-state index contributed by atoms with van der Waals surface area (Å²) in [5.41, 5.74) is 5.33. The molecule has 0 saturated carbocycles. The molecule has 0 unspecified atom stereocenters. The van der Waals surface area contributed by atoms with Gasteiger partial charge >= 0.3 is 12.1 Å². The molecular formula is C46H51N5O6. The molecule has 2 heterocycles. The molecule has 0 atom stereocenters. The van der Waals surface area contributed by atoms with E-state index in [1.54, 1.807) is 13.2 Å². The topological polar surface area (TPSA) is 117 Å². The largest absolute Gasteiger partial charge is 0.492 e. The molecular weight excluding hydrogens is 719 g/mol. The van der Waals surface area contributed by atoms with Gasteiger partial charge in [0.05, 0.1) is 30.4 Å². The van der Waals surface area contributed by atoms with E-state index in [1.165, 1.54) is 11.1 Å². The van der Waals surface area contributed by atoms with E-state index in [2.05, 4.69) is 39.0 Å². The Kier molecular flexibility index (Phi) is 13.9. The van der Waals surface area contributed by atoms with Gasteiger partial charge in [0.25, 0.3) is 0 Å². The molecule has 1 N–H and O–H groups in total. The van der Waals surface area contributed by atoms with E-state index in [4.69, 9.17) is 28.9 Å². The molecule has 0 aliphatic heterocycles. The number of amides is 1. The zero-order chi connectivity index (χ0) is 40.0. The van der Waals surface area contributed by atoms with Crippen LogP contribution in [0.2, 0.25) is 0 Å². The molecule has 296 valence electrons. The van der Waals surface area contributed by atoms with Crippen LogP contribution in [0.25, 0.3) is 21.9 Å². The summed E-state index contributed by atoms with van der Waals surface area (Å²) in [6.45, 7) is 10.8. The minimum absolute atomic E-state index is 0.0958. The van der Waals surface area contributed by atoms with E-state index < -0.39 is 11.7 Å². The number of nitrogens with one attached hydrogen (secondary N) is 1. The second-order valence-corrected chi connectivity index (χ2v) is 14.3. The minimum Gasteiger partial charge on any atom is -0.492 e. The summed E-state index contributed by atoms with van der Waals surface area (Å²) in [5.74, 6) is 0.650. The number of aryl methyl sites for hydroxylation is 1. The van der Waals surface area contributed by atoms with E-state index in [0.717, 1.165) is 22.0 Å². The Hall–Kier alpha value is -6.20. The van der Waals surface area contributed by atoms with Crippen LogP contribution in [-0.2, 0) is 63.0 Å². The molecule has 1 amide bonds. The first-order chi connectivity index (χ1) is 27.7. The number of imidazole rings is 1. The lowest BCUT2D eigenvalue weighted by molar-refractivity contribution is -0.143. The first-order valence-corrected chi connectivity index (χ1v) is 19.4. The van der Waals surface area contributed by atoms with Gasteiger partial charge in [-0.15, -0.1) is 0 Å². The van der Waals surface area contributed by atoms with Crippen LogP contribution in [0.5, 0.6) is 0 Å². The number of ether oxygens (including phenoxy) is 4. The monoisotopic (exact) mass is 769 g/mol. The number of hydrogen-bond donors (Lipinski definition) is 1. The van der Waals surface area contributed by atoms with Crippen molar-refractivity contribution in [2.24, 2.45) is 0 Å². The van der Waals surface area contributed by atoms with Gasteiger partial charge in [-0.3, -0.25) is 10.1 Å². The maximum atomic E-state index is 13.3. The molecule has 57 heavy (non-hydrogen) atoms. The van der Waals surface area contributed by atoms with Crippen molar-refractivity contribution < 1.29 is 28.5 Å². The smallest absolute Gasteiger partial charge is 0.413 e. The van der Waals surface area contributed by atoms with E-state index in [0.29, 0.717) is 56.1 Å². The third-order valence-electron chi connectivity index (χ3n) is 9.27. The quantitative estimate of drug-likeness (QED) is 0.0636. The number of pyridine rings is 1. The van der Waals surface area contributed by atoms with Gasteiger partial charge in [-0.2, -0.15) is 0 Å². The van der Waals surface area contributed by atoms with Crippen molar-refractivity contribution in [2.75, 3.05) is 18.5 Å². The molecule has 4 aromatic carbocycles. The van der Waals surface area contributed by atoms with Gasteiger partial charge in [0, 0.05) is 37.7 Å². The fraction of sp³-hybridized carbons (Fsp3) is 0.304. The fourth-order valence-electron chi connectivity index (χ4n) is 6.55. The number of esters is 1. The van der Waals surface area contributed by atoms with Gasteiger partial charge in [0.15, 0.2) is 5.82 Å². The van der Waals surface area contributed by atoms with Crippen LogP contribution in [0.15, 0.2) is 122 Å². The van der Waals surface area contributed by atoms with Crippen LogP contribution in [0.1, 0.15) is 62.2 Å². The Morgan fingerprint density at radius 3 is 2.05 bits per heavy atom. The number of aromatic nitrogens is 3. The average Bonchev–Trinajstić information content (AvgIpc) is 3.57. The van der Waals surface area contributed by atoms with Gasteiger partial charge in [0.1, 0.15) is 30.2 Å². The number of fused-ring (bicyclic) bond motifs is 3. The lowest BCUT2D eigenvalue weighted by Crippen LogP contribution is -2.30. The first-order valence-electron chi connectivity index (χ1n) is 19.4. The van der Waals surface area contributed by atoms with Crippen molar-refractivity contribution in [2.45, 2.75) is 79.0 Å². The highest BCUT2D eigenvalue weighted by Gasteiger charge is 2.26. The summed E-state index contributed by atoms with van der Waals surface area (Å²) in [7, 11) is 0. The van der Waals surface area contributed by atoms with Crippen LogP contribution in [0.3, 0.4) is 0 Å². The average molecular weight is 770 g/mol. The molecule has 6 rings (SSSR count). The molecule has 0 aliphatic carbocycles. The molecule has 11 nitrogen and oxygen atoms in total. The third kappa shape index (κ3) is 11.4. The molecule has 6 aromatic rings. The number of carbonyl (C=O) groups excluding carboxylic acids is 2. The highest BCUT2D eigenvalue weighted by atomic mass is 16.5. The Balaban J connectivity index is 1.33. The lowest BCUT2D eigenvalue weighted by Gasteiger charge is -2.27. The Morgan fingerprint density at radius 1 is 0.772 bits per heavy atom. The van der Waals surface area contributed by atoms with Gasteiger partial charge < -0.3 is 28.4 Å². The minimum atomic E-state index is -0.715. The zero-order valence-electron chi connectivity index (χ0n) is 33.1. The van der Waals surface area contributed by atoms with Gasteiger partial charge in [0.2, 0.25) is 0 Å². The normalized spacial score (nSPS) is 11.6. The highest BCUT2D eigenvalue weighted by molar-refractivity contribution is 6.09. The number of rotatable bonds is 19. The molecule has 11 heteroatoms. The first kappa shape index (κ1) is 40.5. The molecule has 0 fully saturated rings. The summed E-state index contributed by atoms with van der Waals surface area (Å²) < 4.78 is 25.3. The number of carbonyl (C=O) groups is 2. The van der Waals surface area contributed by atoms with Crippen molar-refractivity contribution in [3.8, 4) is 0 Å². The summed E-state index contributed by atoms with van der Waals surface area (Å²) in [5, 5.41) is 3.69. The molecule has 0 saturated heterocycles. The van der Waals surface area contributed by atoms with Crippen molar-refractivity contribution in [3.05, 3.63) is 150 Å². The van der Waals surface area contributed by atoms with Crippen LogP contribution >= 0.6 is 0 Å². The summed E-state index contributed by atoms with van der Waals surface area (Å²) in [6.07, 6.45) is 3.82. The lowest BCUT2D eigenvalue weighted by atomic mass is 10.1. The molecule has 0 radical (unpaired) electrons. The maximum absolute atomic E-state index is 13.3. The van der Waals surface area contributed by atoms with Gasteiger partial charge in [-0.05, 0) is 62.4 Å². The van der Waals surface area contributed by atoms with Gasteiger partial charge in [-0.1, -0.05) is 103 Å². The van der Waals surface area contributed by atoms with E-state index in [1.807, 2.05) is 112 Å². The highest BCUT2D eigenvalue weighted by Crippen LogP contribution is 2.33. The van der Waals surface area contributed by atoms with E-state index in [9.17, 15) is 9.59 Å². The van der Waals surface area contributed by atoms with Crippen LogP contribution in [0, 0.1) is 0 Å². The molecule has 0 aliphatic rings. The van der Waals surface area contributed by atoms with Crippen molar-refractivity contribution in [1.29, 1.82) is 0 Å². The number of benzene rings is 4. The summed E-state index contributed by atoms with van der Waals surface area (Å²) in [4.78, 5) is 37.6. The molecule has 0 spiro atoms. The van der Waals surface area contributed by atoms with Gasteiger partial charge in [-0.25, -0.2) is 14.8 Å². The number of hydrogen-bond acceptors (Lipinski definition) is 9. The number of nitrogens with zero attached hydrogens (tertiary/aromatic N) is 4. The van der Waals surface area contributed by atoms with Crippen LogP contribution < -0.4 is 5.32 Å². The van der Waals surface area contributed by atoms with Crippen molar-refractivity contribution in [1.82, 2.24) is 19.4 Å². The van der Waals surface area contributed by atoms with Crippen LogP contribution in [0.4, 0.5) is 10.6 Å². The van der Waals surface area contributed by atoms with Crippen molar-refractivity contribution in [3.63, 3.8) is 0 Å². The molecule has 0 bridgehead atoms. The summed E-state index contributed by atoms with van der Waals surface area (Å²) >= 11 is 0. The number of anilines is 1. The second kappa shape index (κ2) is 19.6. The predicted octanol–water partition coefficient (Wildman–Crippen LogP) is 9.33. The Morgan fingerprint density at radius 2 is 1.42 bits per heavy atom. The summed E-state index contributed by atoms with van der Waals surface area (Å²) in [6, 6.07) is 36.1. The maximum Gasteiger partial charge on any atom is 0.413 e. The zero-order valence-corrected chi connectivity index (χ0v) is 33.1. The van der Waals surface area contributed by atoms with E-state index in [-0.39, 0.29) is 31.4 Å². The third-order valence-corrected chi connectivity index (χ3v) is 9.27. The van der Waals surface area contributed by atoms with Crippen molar-refractivity contribution >= 4 is 39.8 Å². The fourth-order valence-corrected chi connectivity index (χ4v) is 6.55. The molecule has 2 aromatic heterocycles. The SMILES string of the molecule is CCOCc1nc2c(NC(=O)OCc3ccccc3)nc3cc(CCC(=O)OCC)ccc3c2n1CC(C)(C)OC=CN(Cc1ccccc1)Cc1ccccc1. The van der Waals surface area contributed by atoms with Crippen LogP contribution in [-0.4, -0.2) is 50.3 Å². The second-order valence-electron chi connectivity index (χ2n) is 14.3. The Bertz CT molecular complexity index is 2220. The standard InChI is InChI=1S/C46H51N5O6/c1-5-54-32-40-48-42-43(51(40)33-46(3,4)57-27-26-50(29-35-16-10-7-11-17-35)30-36-18-12-8-13-19-36)38-24-22-34(23-25-41(52)55-6-2)28-39(38)47-44(42)49-45(53)56-31-37-20-14-9-15-21-37/h7-22,24,26-28H,5-6,23,25,29-33H2,1-4H3,(H,47,49,53). The Labute approximate surface area is 334 Å².